The molecule has 0 saturated carbocycles. The topological polar surface area (TPSA) is 66.4 Å². The Hall–Kier alpha value is -1.01. The van der Waals surface area contributed by atoms with E-state index in [-0.39, 0.29) is 5.91 Å². The van der Waals surface area contributed by atoms with Crippen molar-refractivity contribution in [3.63, 3.8) is 0 Å². The van der Waals surface area contributed by atoms with Crippen molar-refractivity contribution in [1.82, 2.24) is 5.32 Å². The van der Waals surface area contributed by atoms with Crippen LogP contribution in [0.4, 0.5) is 0 Å². The summed E-state index contributed by atoms with van der Waals surface area (Å²) in [7, 11) is 0. The van der Waals surface area contributed by atoms with Crippen molar-refractivity contribution in [1.29, 1.82) is 0 Å². The third-order valence-corrected chi connectivity index (χ3v) is 3.67. The fraction of sp³-hybridized carbons (Fsp3) is 0.333. The van der Waals surface area contributed by atoms with Gasteiger partial charge in [0.25, 0.3) is 5.91 Å². The Morgan fingerprint density at radius 1 is 1.44 bits per heavy atom. The number of halogens is 1. The van der Waals surface area contributed by atoms with E-state index in [9.17, 15) is 9.59 Å². The highest BCUT2D eigenvalue weighted by Crippen LogP contribution is 2.16. The van der Waals surface area contributed by atoms with E-state index in [1.807, 2.05) is 6.26 Å². The summed E-state index contributed by atoms with van der Waals surface area (Å²) in [6.45, 7) is 0. The molecule has 6 heteroatoms. The minimum Gasteiger partial charge on any atom is -0.480 e. The second kappa shape index (κ2) is 7.43. The zero-order valence-corrected chi connectivity index (χ0v) is 12.3. The summed E-state index contributed by atoms with van der Waals surface area (Å²) >= 11 is 4.81. The summed E-state index contributed by atoms with van der Waals surface area (Å²) in [4.78, 5) is 23.0. The van der Waals surface area contributed by atoms with Crippen molar-refractivity contribution in [2.24, 2.45) is 0 Å². The molecular formula is C12H14BrNO3S. The quantitative estimate of drug-likeness (QED) is 0.839. The van der Waals surface area contributed by atoms with E-state index < -0.39 is 12.0 Å². The minimum atomic E-state index is -1.01. The molecule has 1 aromatic carbocycles. The molecule has 1 rings (SSSR count). The van der Waals surface area contributed by atoms with E-state index in [0.717, 1.165) is 0 Å². The Kier molecular flexibility index (Phi) is 6.21. The van der Waals surface area contributed by atoms with Gasteiger partial charge in [0.2, 0.25) is 0 Å². The zero-order valence-electron chi connectivity index (χ0n) is 9.85. The second-order valence-electron chi connectivity index (χ2n) is 3.63. The van der Waals surface area contributed by atoms with Crippen LogP contribution in [-0.2, 0) is 4.79 Å². The number of thioether (sulfide) groups is 1. The Balaban J connectivity index is 2.72. The maximum absolute atomic E-state index is 11.9. The first kappa shape index (κ1) is 15.0. The Morgan fingerprint density at radius 2 is 2.11 bits per heavy atom. The van der Waals surface area contributed by atoms with Crippen LogP contribution in [0.2, 0.25) is 0 Å². The number of carboxylic acids is 1. The van der Waals surface area contributed by atoms with Crippen LogP contribution < -0.4 is 5.32 Å². The predicted octanol–water partition coefficient (Wildman–Crippen LogP) is 2.39. The SMILES string of the molecule is CSCC[C@@H](NC(=O)c1ccccc1Br)C(=O)O. The minimum absolute atomic E-state index is 0.379. The summed E-state index contributed by atoms with van der Waals surface area (Å²) < 4.78 is 0.650. The molecule has 0 saturated heterocycles. The number of nitrogens with one attached hydrogen (secondary N) is 1. The van der Waals surface area contributed by atoms with Gasteiger partial charge in [0, 0.05) is 4.47 Å². The average Bonchev–Trinajstić information content (AvgIpc) is 2.34. The first-order chi connectivity index (χ1) is 8.56. The van der Waals surface area contributed by atoms with Crippen LogP contribution in [0.15, 0.2) is 28.7 Å². The average molecular weight is 332 g/mol. The molecule has 4 nitrogen and oxygen atoms in total. The maximum atomic E-state index is 11.9. The second-order valence-corrected chi connectivity index (χ2v) is 5.47. The normalized spacial score (nSPS) is 11.9. The number of hydrogen-bond acceptors (Lipinski definition) is 3. The van der Waals surface area contributed by atoms with Gasteiger partial charge in [-0.2, -0.15) is 11.8 Å². The highest BCUT2D eigenvalue weighted by Gasteiger charge is 2.20. The molecule has 0 spiro atoms. The zero-order chi connectivity index (χ0) is 13.5. The van der Waals surface area contributed by atoms with Crippen LogP contribution in [0, 0.1) is 0 Å². The lowest BCUT2D eigenvalue weighted by Gasteiger charge is -2.14. The number of rotatable bonds is 6. The van der Waals surface area contributed by atoms with Gasteiger partial charge in [0.15, 0.2) is 0 Å². The van der Waals surface area contributed by atoms with Gasteiger partial charge in [-0.25, -0.2) is 4.79 Å². The number of carboxylic acid groups (broad SMARTS) is 1. The van der Waals surface area contributed by atoms with Crippen LogP contribution in [0.1, 0.15) is 16.8 Å². The molecule has 0 bridgehead atoms. The molecule has 0 unspecified atom stereocenters. The fourth-order valence-electron chi connectivity index (χ4n) is 1.37. The number of aliphatic carboxylic acids is 1. The third kappa shape index (κ3) is 4.34. The van der Waals surface area contributed by atoms with Gasteiger partial charge >= 0.3 is 5.97 Å². The fourth-order valence-corrected chi connectivity index (χ4v) is 2.31. The van der Waals surface area contributed by atoms with E-state index >= 15 is 0 Å². The molecule has 0 radical (unpaired) electrons. The lowest BCUT2D eigenvalue weighted by atomic mass is 10.1. The van der Waals surface area contributed by atoms with Gasteiger partial charge in [-0.05, 0) is 46.5 Å². The summed E-state index contributed by atoms with van der Waals surface area (Å²) in [5.74, 6) is -0.701. The largest absolute Gasteiger partial charge is 0.480 e. The Labute approximate surface area is 118 Å². The van der Waals surface area contributed by atoms with Crippen LogP contribution in [0.5, 0.6) is 0 Å². The van der Waals surface area contributed by atoms with Crippen molar-refractivity contribution in [2.45, 2.75) is 12.5 Å². The molecule has 18 heavy (non-hydrogen) atoms. The van der Waals surface area contributed by atoms with E-state index in [1.54, 1.807) is 36.0 Å². The highest BCUT2D eigenvalue weighted by atomic mass is 79.9. The molecule has 0 aliphatic rings. The van der Waals surface area contributed by atoms with Crippen molar-refractivity contribution >= 4 is 39.6 Å². The Morgan fingerprint density at radius 3 is 2.67 bits per heavy atom. The van der Waals surface area contributed by atoms with Gasteiger partial charge in [-0.3, -0.25) is 4.79 Å². The molecular weight excluding hydrogens is 318 g/mol. The van der Waals surface area contributed by atoms with Crippen molar-refractivity contribution in [3.05, 3.63) is 34.3 Å². The third-order valence-electron chi connectivity index (χ3n) is 2.33. The van der Waals surface area contributed by atoms with Crippen molar-refractivity contribution < 1.29 is 14.7 Å². The molecule has 1 amide bonds. The van der Waals surface area contributed by atoms with E-state index in [1.165, 1.54) is 0 Å². The monoisotopic (exact) mass is 331 g/mol. The summed E-state index contributed by atoms with van der Waals surface area (Å²) in [5, 5.41) is 11.6. The maximum Gasteiger partial charge on any atom is 0.326 e. The highest BCUT2D eigenvalue weighted by molar-refractivity contribution is 9.10. The van der Waals surface area contributed by atoms with Crippen molar-refractivity contribution in [3.8, 4) is 0 Å². The van der Waals surface area contributed by atoms with Gasteiger partial charge in [0.1, 0.15) is 6.04 Å². The first-order valence-electron chi connectivity index (χ1n) is 5.33. The number of amides is 1. The van der Waals surface area contributed by atoms with Gasteiger partial charge < -0.3 is 10.4 Å². The van der Waals surface area contributed by atoms with Crippen LogP contribution in [-0.4, -0.2) is 35.0 Å². The van der Waals surface area contributed by atoms with Gasteiger partial charge in [0.05, 0.1) is 5.56 Å². The lowest BCUT2D eigenvalue weighted by molar-refractivity contribution is -0.139. The van der Waals surface area contributed by atoms with Crippen LogP contribution in [0.3, 0.4) is 0 Å². The standard InChI is InChI=1S/C12H14BrNO3S/c1-18-7-6-10(12(16)17)14-11(15)8-4-2-3-5-9(8)13/h2-5,10H,6-7H2,1H3,(H,14,15)(H,16,17)/t10-/m1/s1. The first-order valence-corrected chi connectivity index (χ1v) is 7.52. The van der Waals surface area contributed by atoms with Crippen LogP contribution >= 0.6 is 27.7 Å². The van der Waals surface area contributed by atoms with E-state index in [2.05, 4.69) is 21.2 Å². The molecule has 2 N–H and O–H groups in total. The molecule has 98 valence electrons. The molecule has 0 aliphatic heterocycles. The van der Waals surface area contributed by atoms with Crippen molar-refractivity contribution in [2.75, 3.05) is 12.0 Å². The summed E-state index contributed by atoms with van der Waals surface area (Å²) in [5.41, 5.74) is 0.438. The Bertz CT molecular complexity index is 439. The molecule has 1 atom stereocenters. The molecule has 0 aliphatic carbocycles. The van der Waals surface area contributed by atoms with E-state index in [4.69, 9.17) is 5.11 Å². The number of carbonyl (C=O) groups excluding carboxylic acids is 1. The lowest BCUT2D eigenvalue weighted by Crippen LogP contribution is -2.41. The van der Waals surface area contributed by atoms with Gasteiger partial charge in [-0.1, -0.05) is 12.1 Å². The predicted molar refractivity (Wildman–Crippen MR) is 76.0 cm³/mol. The van der Waals surface area contributed by atoms with Gasteiger partial charge in [-0.15, -0.1) is 0 Å². The molecule has 0 aromatic heterocycles. The van der Waals surface area contributed by atoms with E-state index in [0.29, 0.717) is 22.2 Å². The number of benzene rings is 1. The molecule has 0 heterocycles. The smallest absolute Gasteiger partial charge is 0.326 e. The number of carbonyl (C=O) groups is 2. The molecule has 0 fully saturated rings. The molecule has 1 aromatic rings. The number of hydrogen-bond donors (Lipinski definition) is 2. The van der Waals surface area contributed by atoms with Crippen LogP contribution in [0.25, 0.3) is 0 Å². The summed E-state index contributed by atoms with van der Waals surface area (Å²) in [6, 6.07) is 6.07. The summed E-state index contributed by atoms with van der Waals surface area (Å²) in [6.07, 6.45) is 2.31.